The van der Waals surface area contributed by atoms with E-state index < -0.39 is 8.32 Å². The van der Waals surface area contributed by atoms with E-state index in [-0.39, 0.29) is 16.6 Å². The van der Waals surface area contributed by atoms with E-state index in [9.17, 15) is 4.79 Å². The highest BCUT2D eigenvalue weighted by Crippen LogP contribution is 2.66. The molecule has 0 aliphatic heterocycles. The first-order valence-electron chi connectivity index (χ1n) is 10.0. The number of fused-ring (bicyclic) bond motifs is 3. The lowest BCUT2D eigenvalue weighted by atomic mass is 9.68. The average molecular weight is 361 g/mol. The van der Waals surface area contributed by atoms with Gasteiger partial charge in [0.05, 0.1) is 0 Å². The third-order valence-corrected chi connectivity index (χ3v) is 12.5. The number of allylic oxidation sites excluding steroid dienone is 3. The minimum atomic E-state index is -1.85. The molecule has 2 nitrogen and oxygen atoms in total. The topological polar surface area (TPSA) is 26.3 Å². The second-order valence-electron chi connectivity index (χ2n) is 10.2. The SMILES string of the molecule is C=CC[C@H]1C[C@H](O[Si](C)(C)C(C)(C)C)[C@@H]2[C@H]3CC=C[C@H]3C[C@]12C(C)=O. The lowest BCUT2D eigenvalue weighted by Crippen LogP contribution is -2.47. The molecular weight excluding hydrogens is 324 g/mol. The van der Waals surface area contributed by atoms with Crippen LogP contribution in [0.1, 0.15) is 53.4 Å². The molecule has 140 valence electrons. The molecule has 0 radical (unpaired) electrons. The van der Waals surface area contributed by atoms with Gasteiger partial charge in [-0.1, -0.05) is 39.0 Å². The molecule has 3 aliphatic carbocycles. The van der Waals surface area contributed by atoms with Crippen molar-refractivity contribution in [2.24, 2.45) is 29.1 Å². The molecule has 0 heterocycles. The average Bonchev–Trinajstić information content (AvgIpc) is 3.08. The Hall–Kier alpha value is -0.673. The first-order chi connectivity index (χ1) is 11.5. The molecule has 0 aromatic heterocycles. The maximum atomic E-state index is 13.0. The lowest BCUT2D eigenvalue weighted by molar-refractivity contribution is -0.131. The van der Waals surface area contributed by atoms with Crippen molar-refractivity contribution in [3.63, 3.8) is 0 Å². The number of carbonyl (C=O) groups is 1. The van der Waals surface area contributed by atoms with Crippen molar-refractivity contribution in [3.05, 3.63) is 24.8 Å². The van der Waals surface area contributed by atoms with Gasteiger partial charge in [-0.25, -0.2) is 0 Å². The zero-order valence-electron chi connectivity index (χ0n) is 17.0. The van der Waals surface area contributed by atoms with E-state index in [4.69, 9.17) is 4.43 Å². The molecule has 3 aliphatic rings. The van der Waals surface area contributed by atoms with Crippen LogP contribution in [0.5, 0.6) is 0 Å². The zero-order chi connectivity index (χ0) is 18.6. The fourth-order valence-corrected chi connectivity index (χ4v) is 7.16. The van der Waals surface area contributed by atoms with Crippen LogP contribution in [0.25, 0.3) is 0 Å². The molecule has 2 fully saturated rings. The summed E-state index contributed by atoms with van der Waals surface area (Å²) >= 11 is 0. The van der Waals surface area contributed by atoms with Gasteiger partial charge in [-0.2, -0.15) is 0 Å². The molecule has 3 rings (SSSR count). The number of rotatable bonds is 5. The highest BCUT2D eigenvalue weighted by atomic mass is 28.4. The van der Waals surface area contributed by atoms with Crippen LogP contribution in [0.4, 0.5) is 0 Å². The number of ketones is 1. The van der Waals surface area contributed by atoms with Gasteiger partial charge in [-0.3, -0.25) is 4.79 Å². The van der Waals surface area contributed by atoms with E-state index >= 15 is 0 Å². The van der Waals surface area contributed by atoms with Gasteiger partial charge >= 0.3 is 0 Å². The number of carbonyl (C=O) groups excluding carboxylic acids is 1. The molecule has 0 spiro atoms. The van der Waals surface area contributed by atoms with Crippen LogP contribution >= 0.6 is 0 Å². The summed E-state index contributed by atoms with van der Waals surface area (Å²) in [5, 5.41) is 0.203. The van der Waals surface area contributed by atoms with Gasteiger partial charge in [-0.15, -0.1) is 6.58 Å². The Kier molecular flexibility index (Phi) is 4.73. The fourth-order valence-electron chi connectivity index (χ4n) is 5.80. The van der Waals surface area contributed by atoms with Crippen LogP contribution in [0.2, 0.25) is 18.1 Å². The van der Waals surface area contributed by atoms with Crippen molar-refractivity contribution in [1.29, 1.82) is 0 Å². The van der Waals surface area contributed by atoms with Crippen LogP contribution in [0.3, 0.4) is 0 Å². The summed E-state index contributed by atoms with van der Waals surface area (Å²) in [6.45, 7) is 17.4. The largest absolute Gasteiger partial charge is 0.414 e. The Labute approximate surface area is 155 Å². The van der Waals surface area contributed by atoms with Gasteiger partial charge in [0.15, 0.2) is 8.32 Å². The van der Waals surface area contributed by atoms with Crippen LogP contribution < -0.4 is 0 Å². The van der Waals surface area contributed by atoms with Crippen LogP contribution in [0, 0.1) is 29.1 Å². The van der Waals surface area contributed by atoms with E-state index in [1.54, 1.807) is 0 Å². The van der Waals surface area contributed by atoms with E-state index in [0.29, 0.717) is 29.5 Å². The van der Waals surface area contributed by atoms with Crippen molar-refractivity contribution in [2.45, 2.75) is 77.6 Å². The minimum Gasteiger partial charge on any atom is -0.414 e. The Bertz CT molecular complexity index is 585. The third-order valence-electron chi connectivity index (χ3n) is 7.98. The molecule has 0 aromatic rings. The maximum Gasteiger partial charge on any atom is 0.192 e. The molecule has 0 saturated heterocycles. The molecule has 0 bridgehead atoms. The summed E-state index contributed by atoms with van der Waals surface area (Å²) in [7, 11) is -1.85. The third kappa shape index (κ3) is 2.82. The molecule has 2 saturated carbocycles. The van der Waals surface area contributed by atoms with Crippen LogP contribution in [-0.4, -0.2) is 20.2 Å². The van der Waals surface area contributed by atoms with Gasteiger partial charge in [0.25, 0.3) is 0 Å². The standard InChI is InChI=1S/C22H36O2Si/c1-8-10-17-13-19(24-25(6,7)21(3,4)5)20-18-12-9-11-16(18)14-22(17,20)15(2)23/h8-9,11,16-20H,1,10,12-14H2,2-7H3/t16-,17-,18-,19-,20-,22-/m0/s1. The van der Waals surface area contributed by atoms with Gasteiger partial charge in [0.1, 0.15) is 5.78 Å². The number of hydrogen-bond donors (Lipinski definition) is 0. The molecule has 0 amide bonds. The van der Waals surface area contributed by atoms with Crippen LogP contribution in [0.15, 0.2) is 24.8 Å². The molecular formula is C22H36O2Si. The molecule has 3 heteroatoms. The Morgan fingerprint density at radius 2 is 2.08 bits per heavy atom. The van der Waals surface area contributed by atoms with Crippen molar-refractivity contribution in [2.75, 3.05) is 0 Å². The quantitative estimate of drug-likeness (QED) is 0.460. The van der Waals surface area contributed by atoms with Crippen molar-refractivity contribution in [3.8, 4) is 0 Å². The molecule has 25 heavy (non-hydrogen) atoms. The Balaban J connectivity index is 1.98. The number of Topliss-reactive ketones (excluding diaryl/α,β-unsaturated/α-hetero) is 1. The van der Waals surface area contributed by atoms with Crippen molar-refractivity contribution >= 4 is 14.1 Å². The highest BCUT2D eigenvalue weighted by molar-refractivity contribution is 6.74. The van der Waals surface area contributed by atoms with Gasteiger partial charge in [0, 0.05) is 17.4 Å². The molecule has 6 atom stereocenters. The van der Waals surface area contributed by atoms with Gasteiger partial charge < -0.3 is 4.43 Å². The summed E-state index contributed by atoms with van der Waals surface area (Å²) in [5.41, 5.74) is -0.179. The van der Waals surface area contributed by atoms with Crippen molar-refractivity contribution in [1.82, 2.24) is 0 Å². The first-order valence-corrected chi connectivity index (χ1v) is 12.9. The summed E-state index contributed by atoms with van der Waals surface area (Å²) < 4.78 is 6.96. The van der Waals surface area contributed by atoms with E-state index in [1.807, 2.05) is 13.0 Å². The smallest absolute Gasteiger partial charge is 0.192 e. The van der Waals surface area contributed by atoms with Crippen LogP contribution in [-0.2, 0) is 9.22 Å². The molecule has 0 unspecified atom stereocenters. The Morgan fingerprint density at radius 3 is 2.64 bits per heavy atom. The predicted molar refractivity (Wildman–Crippen MR) is 107 cm³/mol. The van der Waals surface area contributed by atoms with E-state index in [1.165, 1.54) is 0 Å². The maximum absolute atomic E-state index is 13.0. The minimum absolute atomic E-state index is 0.179. The summed E-state index contributed by atoms with van der Waals surface area (Å²) in [5.74, 6) is 2.37. The number of hydrogen-bond acceptors (Lipinski definition) is 2. The second kappa shape index (κ2) is 6.19. The summed E-state index contributed by atoms with van der Waals surface area (Å²) in [4.78, 5) is 13.0. The first kappa shape index (κ1) is 19.1. The van der Waals surface area contributed by atoms with Gasteiger partial charge in [-0.05, 0) is 68.5 Å². The lowest BCUT2D eigenvalue weighted by Gasteiger charge is -2.41. The van der Waals surface area contributed by atoms with Gasteiger partial charge in [0.2, 0.25) is 0 Å². The fraction of sp³-hybridized carbons (Fsp3) is 0.773. The van der Waals surface area contributed by atoms with Crippen molar-refractivity contribution < 1.29 is 9.22 Å². The summed E-state index contributed by atoms with van der Waals surface area (Å²) in [6.07, 6.45) is 11.1. The molecule has 0 N–H and O–H groups in total. The summed E-state index contributed by atoms with van der Waals surface area (Å²) in [6, 6.07) is 0. The molecule has 0 aromatic carbocycles. The van der Waals surface area contributed by atoms with E-state index in [0.717, 1.165) is 25.7 Å². The second-order valence-corrected chi connectivity index (χ2v) is 14.9. The monoisotopic (exact) mass is 360 g/mol. The predicted octanol–water partition coefficient (Wildman–Crippen LogP) is 5.76. The normalized spacial score (nSPS) is 40.2. The van der Waals surface area contributed by atoms with E-state index in [2.05, 4.69) is 52.6 Å². The Morgan fingerprint density at radius 1 is 1.40 bits per heavy atom. The zero-order valence-corrected chi connectivity index (χ0v) is 18.0. The highest BCUT2D eigenvalue weighted by Gasteiger charge is 2.66.